The number of aromatic amines is 1. The monoisotopic (exact) mass is 461 g/mol. The van der Waals surface area contributed by atoms with Gasteiger partial charge in [-0.2, -0.15) is 4.98 Å². The number of hydrogen-bond donors (Lipinski definition) is 2. The zero-order chi connectivity index (χ0) is 24.1. The number of hydrogen-bond acceptors (Lipinski definition) is 8. The summed E-state index contributed by atoms with van der Waals surface area (Å²) in [5, 5.41) is 10.2. The number of nitrogens with one attached hydrogen (secondary N) is 1. The molecule has 5 rings (SSSR count). The van der Waals surface area contributed by atoms with Crippen LogP contribution in [0.5, 0.6) is 5.75 Å². The Hall–Kier alpha value is -4.54. The van der Waals surface area contributed by atoms with Gasteiger partial charge in [0.2, 0.25) is 23.4 Å². The Balaban J connectivity index is 0.000000166. The van der Waals surface area contributed by atoms with Gasteiger partial charge in [-0.25, -0.2) is 4.98 Å². The second-order valence-corrected chi connectivity index (χ2v) is 7.50. The number of H-pyrrole nitrogens is 1. The number of rotatable bonds is 4. The molecule has 0 unspecified atom stereocenters. The summed E-state index contributed by atoms with van der Waals surface area (Å²) in [7, 11) is 1.74. The first-order valence-corrected chi connectivity index (χ1v) is 10.5. The van der Waals surface area contributed by atoms with Crippen LogP contribution in [0.15, 0.2) is 53.1 Å². The Kier molecular flexibility index (Phi) is 6.62. The smallest absolute Gasteiger partial charge is 0.288 e. The van der Waals surface area contributed by atoms with Crippen molar-refractivity contribution in [1.82, 2.24) is 25.3 Å². The van der Waals surface area contributed by atoms with Gasteiger partial charge in [0, 0.05) is 26.0 Å². The minimum absolute atomic E-state index is 0.0280. The molecule has 11 heteroatoms. The van der Waals surface area contributed by atoms with E-state index in [1.165, 1.54) is 0 Å². The van der Waals surface area contributed by atoms with Gasteiger partial charge in [-0.3, -0.25) is 14.7 Å². The number of primary amides is 1. The molecule has 34 heavy (non-hydrogen) atoms. The summed E-state index contributed by atoms with van der Waals surface area (Å²) in [4.78, 5) is 32.3. The van der Waals surface area contributed by atoms with Crippen molar-refractivity contribution in [2.75, 3.05) is 18.6 Å². The van der Waals surface area contributed by atoms with E-state index in [0.717, 1.165) is 16.8 Å². The largest absolute Gasteiger partial charge is 0.491 e. The van der Waals surface area contributed by atoms with Gasteiger partial charge in [-0.05, 0) is 23.8 Å². The van der Waals surface area contributed by atoms with Crippen molar-refractivity contribution in [1.29, 1.82) is 0 Å². The Bertz CT molecular complexity index is 1300. The standard InChI is InChI=1S/C13H13N3O3.C10H10N4O/c1-8-14-13(15-19-8)9-3-4-11-10(7-9)16(2)12(17)5-6-18-11;11-9(15)10-12-8(13-14-10)6-7-4-2-1-3-5-7/h3-4,7H,5-6H2,1-2H3;1-5H,6H2,(H2,11,15)(H,12,13,14). The Morgan fingerprint density at radius 2 is 1.97 bits per heavy atom. The molecule has 11 nitrogen and oxygen atoms in total. The third kappa shape index (κ3) is 5.26. The van der Waals surface area contributed by atoms with Crippen molar-refractivity contribution in [2.45, 2.75) is 19.8 Å². The average Bonchev–Trinajstić information content (AvgIpc) is 3.46. The lowest BCUT2D eigenvalue weighted by Crippen LogP contribution is -2.25. The molecular formula is C23H23N7O4. The van der Waals surface area contributed by atoms with Crippen LogP contribution in [0.2, 0.25) is 0 Å². The van der Waals surface area contributed by atoms with Gasteiger partial charge in [-0.1, -0.05) is 35.5 Å². The highest BCUT2D eigenvalue weighted by molar-refractivity contribution is 5.95. The SMILES string of the molecule is Cc1nc(-c2ccc3c(c2)N(C)C(=O)CCO3)no1.NC(=O)c1n[nH]c(Cc2ccccc2)n1. The van der Waals surface area contributed by atoms with Crippen LogP contribution in [0.25, 0.3) is 11.4 Å². The molecule has 0 radical (unpaired) electrons. The highest BCUT2D eigenvalue weighted by Crippen LogP contribution is 2.34. The predicted octanol–water partition coefficient (Wildman–Crippen LogP) is 2.28. The zero-order valence-electron chi connectivity index (χ0n) is 18.7. The highest BCUT2D eigenvalue weighted by Gasteiger charge is 2.21. The number of nitrogens with zero attached hydrogens (tertiary/aromatic N) is 5. The molecule has 0 atom stereocenters. The number of amides is 2. The first-order chi connectivity index (χ1) is 16.4. The van der Waals surface area contributed by atoms with Crippen molar-refractivity contribution in [3.63, 3.8) is 0 Å². The molecule has 0 fully saturated rings. The molecule has 3 N–H and O–H groups in total. The minimum atomic E-state index is -0.620. The van der Waals surface area contributed by atoms with Crippen molar-refractivity contribution in [2.24, 2.45) is 5.73 Å². The highest BCUT2D eigenvalue weighted by atomic mass is 16.5. The molecule has 1 aliphatic heterocycles. The molecule has 0 aliphatic carbocycles. The number of aryl methyl sites for hydroxylation is 1. The van der Waals surface area contributed by atoms with Crippen molar-refractivity contribution >= 4 is 17.5 Å². The van der Waals surface area contributed by atoms with Crippen LogP contribution in [0.1, 0.15) is 34.3 Å². The van der Waals surface area contributed by atoms with Crippen LogP contribution in [-0.4, -0.2) is 50.8 Å². The van der Waals surface area contributed by atoms with Gasteiger partial charge in [0.25, 0.3) is 5.91 Å². The molecule has 1 aliphatic rings. The molecule has 0 spiro atoms. The van der Waals surface area contributed by atoms with Crippen LogP contribution >= 0.6 is 0 Å². The summed E-state index contributed by atoms with van der Waals surface area (Å²) in [6, 6.07) is 15.3. The number of carbonyl (C=O) groups is 2. The predicted molar refractivity (Wildman–Crippen MR) is 122 cm³/mol. The van der Waals surface area contributed by atoms with Gasteiger partial charge in [-0.15, -0.1) is 5.10 Å². The fraction of sp³-hybridized carbons (Fsp3) is 0.217. The summed E-state index contributed by atoms with van der Waals surface area (Å²) in [5.74, 6) is 1.77. The Morgan fingerprint density at radius 3 is 2.65 bits per heavy atom. The van der Waals surface area contributed by atoms with Crippen molar-refractivity contribution in [3.05, 3.63) is 71.6 Å². The van der Waals surface area contributed by atoms with E-state index in [2.05, 4.69) is 25.3 Å². The minimum Gasteiger partial charge on any atom is -0.491 e. The Morgan fingerprint density at radius 1 is 1.18 bits per heavy atom. The molecule has 0 bridgehead atoms. The lowest BCUT2D eigenvalue weighted by Gasteiger charge is -2.16. The van der Waals surface area contributed by atoms with E-state index in [0.29, 0.717) is 42.7 Å². The number of aromatic nitrogens is 5. The van der Waals surface area contributed by atoms with Crippen molar-refractivity contribution in [3.8, 4) is 17.1 Å². The number of benzene rings is 2. The summed E-state index contributed by atoms with van der Waals surface area (Å²) < 4.78 is 10.5. The van der Waals surface area contributed by atoms with E-state index in [1.54, 1.807) is 18.9 Å². The quantitative estimate of drug-likeness (QED) is 0.469. The number of fused-ring (bicyclic) bond motifs is 1. The second kappa shape index (κ2) is 9.94. The van der Waals surface area contributed by atoms with E-state index in [9.17, 15) is 9.59 Å². The van der Waals surface area contributed by atoms with Gasteiger partial charge in [0.15, 0.2) is 0 Å². The van der Waals surface area contributed by atoms with Crippen LogP contribution in [0, 0.1) is 6.92 Å². The van der Waals surface area contributed by atoms with Gasteiger partial charge < -0.3 is 19.9 Å². The van der Waals surface area contributed by atoms with Gasteiger partial charge in [0.05, 0.1) is 18.7 Å². The molecule has 2 aromatic carbocycles. The lowest BCUT2D eigenvalue weighted by atomic mass is 10.1. The summed E-state index contributed by atoms with van der Waals surface area (Å²) >= 11 is 0. The first-order valence-electron chi connectivity index (χ1n) is 10.5. The number of anilines is 1. The molecule has 174 valence electrons. The van der Waals surface area contributed by atoms with Crippen LogP contribution in [0.4, 0.5) is 5.69 Å². The maximum Gasteiger partial charge on any atom is 0.288 e. The molecule has 2 amide bonds. The van der Waals surface area contributed by atoms with E-state index in [-0.39, 0.29) is 11.7 Å². The van der Waals surface area contributed by atoms with Crippen LogP contribution in [-0.2, 0) is 11.2 Å². The maximum atomic E-state index is 11.8. The second-order valence-electron chi connectivity index (χ2n) is 7.50. The number of carbonyl (C=O) groups excluding carboxylic acids is 2. The van der Waals surface area contributed by atoms with E-state index >= 15 is 0 Å². The van der Waals surface area contributed by atoms with Gasteiger partial charge >= 0.3 is 0 Å². The lowest BCUT2D eigenvalue weighted by molar-refractivity contribution is -0.118. The maximum absolute atomic E-state index is 11.8. The molecule has 4 aromatic rings. The molecule has 2 aromatic heterocycles. The Labute approximate surface area is 194 Å². The summed E-state index contributed by atoms with van der Waals surface area (Å²) in [5.41, 5.74) is 7.65. The number of nitrogens with two attached hydrogens (primary N) is 1. The third-order valence-corrected chi connectivity index (χ3v) is 5.02. The van der Waals surface area contributed by atoms with E-state index in [1.807, 2.05) is 48.5 Å². The van der Waals surface area contributed by atoms with Gasteiger partial charge in [0.1, 0.15) is 11.6 Å². The van der Waals surface area contributed by atoms with Crippen LogP contribution < -0.4 is 15.4 Å². The third-order valence-electron chi connectivity index (χ3n) is 5.02. The van der Waals surface area contributed by atoms with Crippen molar-refractivity contribution < 1.29 is 18.8 Å². The molecule has 3 heterocycles. The fourth-order valence-electron chi connectivity index (χ4n) is 3.28. The fourth-order valence-corrected chi connectivity index (χ4v) is 3.28. The molecule has 0 saturated heterocycles. The number of ether oxygens (including phenoxy) is 1. The normalized spacial score (nSPS) is 12.8. The summed E-state index contributed by atoms with van der Waals surface area (Å²) in [6.45, 7) is 2.13. The average molecular weight is 461 g/mol. The topological polar surface area (TPSA) is 153 Å². The first kappa shape index (κ1) is 22.6. The molecule has 0 saturated carbocycles. The molecular weight excluding hydrogens is 438 g/mol. The summed E-state index contributed by atoms with van der Waals surface area (Å²) in [6.07, 6.45) is 0.989. The van der Waals surface area contributed by atoms with E-state index < -0.39 is 5.91 Å². The van der Waals surface area contributed by atoms with Crippen LogP contribution in [0.3, 0.4) is 0 Å². The van der Waals surface area contributed by atoms with E-state index in [4.69, 9.17) is 15.0 Å². The zero-order valence-corrected chi connectivity index (χ0v) is 18.7.